The molecule has 2 rings (SSSR count). The SMILES string of the molecule is O=C(/C=C/C[C@@H](OC(=O)Nc1ccc(F)cc1F)c1ccc(OCCO)cc1)NO. The van der Waals surface area contributed by atoms with E-state index in [0.717, 1.165) is 18.2 Å². The van der Waals surface area contributed by atoms with Crippen molar-refractivity contribution >= 4 is 17.7 Å². The number of amides is 2. The molecule has 0 aliphatic rings. The molecule has 0 radical (unpaired) electrons. The first-order valence-corrected chi connectivity index (χ1v) is 8.80. The van der Waals surface area contributed by atoms with Crippen molar-refractivity contribution in [1.29, 1.82) is 0 Å². The largest absolute Gasteiger partial charge is 0.491 e. The standard InChI is InChI=1S/C20H20F2N2O6/c21-14-6-9-17(16(22)12-14)23-20(27)30-18(2-1-3-19(26)24-28)13-4-7-15(8-5-13)29-11-10-25/h1,3-9,12,18,25,28H,2,10-11H2,(H,23,27)(H,24,26)/b3-1+/t18-/m1/s1. The van der Waals surface area contributed by atoms with Gasteiger partial charge in [0.25, 0.3) is 5.91 Å². The molecule has 2 aromatic rings. The first-order valence-electron chi connectivity index (χ1n) is 8.80. The van der Waals surface area contributed by atoms with Crippen molar-refractivity contribution in [2.75, 3.05) is 18.5 Å². The van der Waals surface area contributed by atoms with Crippen LogP contribution in [-0.4, -0.2) is 35.5 Å². The first-order chi connectivity index (χ1) is 14.4. The smallest absolute Gasteiger partial charge is 0.412 e. The van der Waals surface area contributed by atoms with Crippen LogP contribution in [0.3, 0.4) is 0 Å². The second kappa shape index (κ2) is 11.5. The van der Waals surface area contributed by atoms with Gasteiger partial charge in [0.15, 0.2) is 0 Å². The third-order valence-corrected chi connectivity index (χ3v) is 3.76. The van der Waals surface area contributed by atoms with Crippen molar-refractivity contribution in [2.45, 2.75) is 12.5 Å². The van der Waals surface area contributed by atoms with Crippen LogP contribution in [0.1, 0.15) is 18.1 Å². The molecule has 0 saturated carbocycles. The van der Waals surface area contributed by atoms with Gasteiger partial charge in [-0.2, -0.15) is 0 Å². The Balaban J connectivity index is 2.12. The van der Waals surface area contributed by atoms with Gasteiger partial charge in [-0.05, 0) is 29.8 Å². The number of benzene rings is 2. The van der Waals surface area contributed by atoms with Crippen LogP contribution >= 0.6 is 0 Å². The molecular formula is C20H20F2N2O6. The van der Waals surface area contributed by atoms with E-state index >= 15 is 0 Å². The van der Waals surface area contributed by atoms with Gasteiger partial charge < -0.3 is 14.6 Å². The van der Waals surface area contributed by atoms with Crippen LogP contribution in [0.25, 0.3) is 0 Å². The molecule has 4 N–H and O–H groups in total. The lowest BCUT2D eigenvalue weighted by Gasteiger charge is -2.18. The fourth-order valence-electron chi connectivity index (χ4n) is 2.39. The molecule has 30 heavy (non-hydrogen) atoms. The molecule has 0 spiro atoms. The van der Waals surface area contributed by atoms with Crippen LogP contribution in [0.5, 0.6) is 5.75 Å². The van der Waals surface area contributed by atoms with E-state index in [0.29, 0.717) is 17.4 Å². The number of aliphatic hydroxyl groups excluding tert-OH is 1. The van der Waals surface area contributed by atoms with Crippen LogP contribution in [-0.2, 0) is 9.53 Å². The number of hydroxylamine groups is 1. The van der Waals surface area contributed by atoms with Crippen molar-refractivity contribution in [1.82, 2.24) is 5.48 Å². The van der Waals surface area contributed by atoms with Crippen molar-refractivity contribution in [2.24, 2.45) is 0 Å². The van der Waals surface area contributed by atoms with E-state index in [2.05, 4.69) is 5.32 Å². The number of carbonyl (C=O) groups is 2. The molecule has 0 unspecified atom stereocenters. The van der Waals surface area contributed by atoms with Crippen molar-refractivity contribution < 1.29 is 38.2 Å². The third-order valence-electron chi connectivity index (χ3n) is 3.76. The van der Waals surface area contributed by atoms with E-state index in [4.69, 9.17) is 19.8 Å². The number of nitrogens with one attached hydrogen (secondary N) is 2. The first kappa shape index (κ1) is 22.8. The minimum Gasteiger partial charge on any atom is -0.491 e. The third kappa shape index (κ3) is 7.15. The topological polar surface area (TPSA) is 117 Å². The van der Waals surface area contributed by atoms with E-state index in [1.807, 2.05) is 0 Å². The Labute approximate surface area is 170 Å². The van der Waals surface area contributed by atoms with Gasteiger partial charge in [-0.25, -0.2) is 19.1 Å². The van der Waals surface area contributed by atoms with Gasteiger partial charge in [0.1, 0.15) is 30.1 Å². The average molecular weight is 422 g/mol. The minimum atomic E-state index is -0.994. The van der Waals surface area contributed by atoms with Crippen LogP contribution < -0.4 is 15.5 Å². The molecule has 8 nitrogen and oxygen atoms in total. The minimum absolute atomic E-state index is 0.0591. The molecular weight excluding hydrogens is 402 g/mol. The fourth-order valence-corrected chi connectivity index (χ4v) is 2.39. The highest BCUT2D eigenvalue weighted by atomic mass is 19.1. The lowest BCUT2D eigenvalue weighted by molar-refractivity contribution is -0.124. The lowest BCUT2D eigenvalue weighted by Crippen LogP contribution is -2.18. The summed E-state index contributed by atoms with van der Waals surface area (Å²) in [6.45, 7) is -0.0325. The molecule has 2 aromatic carbocycles. The molecule has 10 heteroatoms. The maximum absolute atomic E-state index is 13.7. The maximum Gasteiger partial charge on any atom is 0.412 e. The van der Waals surface area contributed by atoms with E-state index in [1.54, 1.807) is 24.3 Å². The fraction of sp³-hybridized carbons (Fsp3) is 0.200. The highest BCUT2D eigenvalue weighted by Crippen LogP contribution is 2.25. The van der Waals surface area contributed by atoms with E-state index in [9.17, 15) is 18.4 Å². The zero-order chi connectivity index (χ0) is 21.9. The van der Waals surface area contributed by atoms with Crippen LogP contribution in [0.15, 0.2) is 54.6 Å². The quantitative estimate of drug-likeness (QED) is 0.280. The lowest BCUT2D eigenvalue weighted by atomic mass is 10.1. The predicted octanol–water partition coefficient (Wildman–Crippen LogP) is 3.08. The van der Waals surface area contributed by atoms with Gasteiger partial charge in [-0.15, -0.1) is 0 Å². The molecule has 0 aliphatic carbocycles. The summed E-state index contributed by atoms with van der Waals surface area (Å²) in [6.07, 6.45) is 0.614. The molecule has 0 saturated heterocycles. The summed E-state index contributed by atoms with van der Waals surface area (Å²) in [6, 6.07) is 9.09. The second-order valence-corrected chi connectivity index (χ2v) is 5.90. The Morgan fingerprint density at radius 1 is 1.13 bits per heavy atom. The van der Waals surface area contributed by atoms with Crippen molar-refractivity contribution in [3.8, 4) is 5.75 Å². The molecule has 0 aliphatic heterocycles. The van der Waals surface area contributed by atoms with Gasteiger partial charge in [0, 0.05) is 18.6 Å². The molecule has 0 aromatic heterocycles. The summed E-state index contributed by atoms with van der Waals surface area (Å²) in [5, 5.41) is 19.5. The number of aliphatic hydroxyl groups is 1. The number of hydrogen-bond acceptors (Lipinski definition) is 6. The van der Waals surface area contributed by atoms with E-state index in [-0.39, 0.29) is 25.3 Å². The Hall–Kier alpha value is -3.50. The highest BCUT2D eigenvalue weighted by Gasteiger charge is 2.17. The monoisotopic (exact) mass is 422 g/mol. The van der Waals surface area contributed by atoms with Crippen LogP contribution in [0, 0.1) is 11.6 Å². The Morgan fingerprint density at radius 2 is 1.87 bits per heavy atom. The van der Waals surface area contributed by atoms with Gasteiger partial charge in [-0.3, -0.25) is 15.3 Å². The summed E-state index contributed by atoms with van der Waals surface area (Å²) >= 11 is 0. The zero-order valence-electron chi connectivity index (χ0n) is 15.7. The van der Waals surface area contributed by atoms with Gasteiger partial charge in [0.2, 0.25) is 0 Å². The molecule has 2 amide bonds. The zero-order valence-corrected chi connectivity index (χ0v) is 15.7. The highest BCUT2D eigenvalue weighted by molar-refractivity contribution is 5.86. The van der Waals surface area contributed by atoms with Crippen molar-refractivity contribution in [3.05, 3.63) is 71.8 Å². The molecule has 0 bridgehead atoms. The predicted molar refractivity (Wildman–Crippen MR) is 102 cm³/mol. The van der Waals surface area contributed by atoms with Gasteiger partial charge in [0.05, 0.1) is 12.3 Å². The Bertz CT molecular complexity index is 889. The van der Waals surface area contributed by atoms with Crippen LogP contribution in [0.4, 0.5) is 19.3 Å². The second-order valence-electron chi connectivity index (χ2n) is 5.90. The molecule has 1 atom stereocenters. The average Bonchev–Trinajstić information content (AvgIpc) is 2.73. The van der Waals surface area contributed by atoms with E-state index < -0.39 is 29.7 Å². The Kier molecular flexibility index (Phi) is 8.73. The number of hydrogen-bond donors (Lipinski definition) is 4. The molecule has 0 heterocycles. The molecule has 0 fully saturated rings. The van der Waals surface area contributed by atoms with Crippen LogP contribution in [0.2, 0.25) is 0 Å². The van der Waals surface area contributed by atoms with E-state index in [1.165, 1.54) is 11.6 Å². The normalized spacial score (nSPS) is 11.7. The summed E-state index contributed by atoms with van der Waals surface area (Å²) in [5.74, 6) is -2.03. The Morgan fingerprint density at radius 3 is 2.50 bits per heavy atom. The number of rotatable bonds is 9. The number of halogens is 2. The van der Waals surface area contributed by atoms with Crippen molar-refractivity contribution in [3.63, 3.8) is 0 Å². The summed E-state index contributed by atoms with van der Waals surface area (Å²) < 4.78 is 37.3. The number of anilines is 1. The maximum atomic E-state index is 13.7. The summed E-state index contributed by atoms with van der Waals surface area (Å²) in [5.41, 5.74) is 1.71. The summed E-state index contributed by atoms with van der Waals surface area (Å²) in [7, 11) is 0. The summed E-state index contributed by atoms with van der Waals surface area (Å²) in [4.78, 5) is 23.3. The van der Waals surface area contributed by atoms with Gasteiger partial charge >= 0.3 is 6.09 Å². The number of carbonyl (C=O) groups excluding carboxylic acids is 2. The van der Waals surface area contributed by atoms with Gasteiger partial charge in [-0.1, -0.05) is 18.2 Å². The molecule has 160 valence electrons. The number of ether oxygens (including phenoxy) is 2.